The summed E-state index contributed by atoms with van der Waals surface area (Å²) in [6.45, 7) is 7.30. The Morgan fingerprint density at radius 2 is 1.86 bits per heavy atom. The lowest BCUT2D eigenvalue weighted by Crippen LogP contribution is -2.34. The van der Waals surface area contributed by atoms with Crippen LogP contribution >= 0.6 is 0 Å². The quantitative estimate of drug-likeness (QED) is 0.587. The molecule has 0 aliphatic rings. The third-order valence-electron chi connectivity index (χ3n) is 3.15. The van der Waals surface area contributed by atoms with Crippen LogP contribution in [-0.4, -0.2) is 43.1 Å². The van der Waals surface area contributed by atoms with Gasteiger partial charge in [-0.1, -0.05) is 6.92 Å². The third kappa shape index (κ3) is 4.95. The second-order valence-electron chi connectivity index (χ2n) is 4.74. The van der Waals surface area contributed by atoms with Gasteiger partial charge < -0.3 is 20.1 Å². The molecule has 0 heterocycles. The summed E-state index contributed by atoms with van der Waals surface area (Å²) in [5.41, 5.74) is 6.53. The summed E-state index contributed by atoms with van der Waals surface area (Å²) in [5.74, 6) is -0.136. The van der Waals surface area contributed by atoms with E-state index in [1.165, 1.54) is 6.07 Å². The summed E-state index contributed by atoms with van der Waals surface area (Å²) in [6.07, 6.45) is 0.760. The van der Waals surface area contributed by atoms with Gasteiger partial charge in [0.1, 0.15) is 5.75 Å². The lowest BCUT2D eigenvalue weighted by atomic mass is 10.2. The maximum atomic E-state index is 11.9. The lowest BCUT2D eigenvalue weighted by Gasteiger charge is -2.19. The third-order valence-corrected chi connectivity index (χ3v) is 3.15. The molecule has 1 amide bonds. The van der Waals surface area contributed by atoms with E-state index in [-0.39, 0.29) is 12.5 Å². The van der Waals surface area contributed by atoms with Gasteiger partial charge in [0, 0.05) is 13.1 Å². The molecule has 0 unspecified atom stereocenters. The van der Waals surface area contributed by atoms with E-state index in [2.05, 4.69) is 0 Å². The summed E-state index contributed by atoms with van der Waals surface area (Å²) in [6, 6.07) is 4.65. The Labute approximate surface area is 131 Å². The molecule has 0 saturated heterocycles. The molecule has 1 aromatic carbocycles. The highest BCUT2D eigenvalue weighted by Crippen LogP contribution is 2.23. The fourth-order valence-corrected chi connectivity index (χ4v) is 1.89. The molecule has 0 fully saturated rings. The second-order valence-corrected chi connectivity index (χ2v) is 4.74. The van der Waals surface area contributed by atoms with Crippen molar-refractivity contribution in [1.29, 1.82) is 0 Å². The van der Waals surface area contributed by atoms with Gasteiger partial charge in [-0.05, 0) is 38.5 Å². The maximum Gasteiger partial charge on any atom is 0.338 e. The topological polar surface area (TPSA) is 81.9 Å². The zero-order valence-corrected chi connectivity index (χ0v) is 13.4. The van der Waals surface area contributed by atoms with E-state index >= 15 is 0 Å². The molecule has 0 saturated carbocycles. The number of hydrogen-bond donors (Lipinski definition) is 1. The minimum Gasteiger partial charge on any atom is -0.482 e. The first-order chi connectivity index (χ1) is 10.5. The number of anilines is 1. The molecule has 0 bridgehead atoms. The Kier molecular flexibility index (Phi) is 7.22. The average Bonchev–Trinajstić information content (AvgIpc) is 2.52. The van der Waals surface area contributed by atoms with E-state index in [4.69, 9.17) is 15.2 Å². The predicted octanol–water partition coefficient (Wildman–Crippen LogP) is 2.08. The van der Waals surface area contributed by atoms with Crippen molar-refractivity contribution in [2.45, 2.75) is 27.2 Å². The first-order valence-electron chi connectivity index (χ1n) is 7.50. The highest BCUT2D eigenvalue weighted by atomic mass is 16.5. The normalized spacial score (nSPS) is 10.1. The summed E-state index contributed by atoms with van der Waals surface area (Å²) < 4.78 is 10.5. The second kappa shape index (κ2) is 8.92. The number of carbonyl (C=O) groups is 2. The van der Waals surface area contributed by atoms with E-state index < -0.39 is 5.97 Å². The number of hydrogen-bond acceptors (Lipinski definition) is 5. The fourth-order valence-electron chi connectivity index (χ4n) is 1.89. The van der Waals surface area contributed by atoms with Crippen LogP contribution in [0.15, 0.2) is 18.2 Å². The fraction of sp³-hybridized carbons (Fsp3) is 0.500. The number of nitrogens with zero attached hydrogens (tertiary/aromatic N) is 1. The van der Waals surface area contributed by atoms with Crippen LogP contribution in [0.2, 0.25) is 0 Å². The highest BCUT2D eigenvalue weighted by molar-refractivity contribution is 5.91. The molecular formula is C16H24N2O4. The SMILES string of the molecule is CCCOC(=O)c1ccc(OCC(=O)N(CC)CC)c(N)c1. The number of rotatable bonds is 8. The monoisotopic (exact) mass is 308 g/mol. The molecule has 1 rings (SSSR count). The van der Waals surface area contributed by atoms with Crippen LogP contribution in [0.3, 0.4) is 0 Å². The standard InChI is InChI=1S/C16H24N2O4/c1-4-9-21-16(20)12-7-8-14(13(17)10-12)22-11-15(19)18(5-2)6-3/h7-8,10H,4-6,9,11,17H2,1-3H3. The molecule has 0 spiro atoms. The van der Waals surface area contributed by atoms with Crippen molar-refractivity contribution in [3.63, 3.8) is 0 Å². The van der Waals surface area contributed by atoms with E-state index in [9.17, 15) is 9.59 Å². The van der Waals surface area contributed by atoms with Crippen molar-refractivity contribution in [2.75, 3.05) is 32.0 Å². The van der Waals surface area contributed by atoms with Crippen molar-refractivity contribution < 1.29 is 19.1 Å². The number of likely N-dealkylation sites (N-methyl/N-ethyl adjacent to an activating group) is 1. The highest BCUT2D eigenvalue weighted by Gasteiger charge is 2.13. The molecule has 0 aromatic heterocycles. The molecular weight excluding hydrogens is 284 g/mol. The molecule has 122 valence electrons. The smallest absolute Gasteiger partial charge is 0.338 e. The van der Waals surface area contributed by atoms with Crippen LogP contribution in [0.4, 0.5) is 5.69 Å². The van der Waals surface area contributed by atoms with Crippen LogP contribution in [0.1, 0.15) is 37.6 Å². The van der Waals surface area contributed by atoms with Gasteiger partial charge in [-0.15, -0.1) is 0 Å². The molecule has 6 nitrogen and oxygen atoms in total. The van der Waals surface area contributed by atoms with Crippen LogP contribution in [0.5, 0.6) is 5.75 Å². The van der Waals surface area contributed by atoms with Gasteiger partial charge in [-0.2, -0.15) is 0 Å². The maximum absolute atomic E-state index is 11.9. The van der Waals surface area contributed by atoms with Gasteiger partial charge in [0.25, 0.3) is 5.91 Å². The number of nitrogen functional groups attached to an aromatic ring is 1. The zero-order valence-electron chi connectivity index (χ0n) is 13.4. The molecule has 0 atom stereocenters. The first kappa shape index (κ1) is 17.8. The summed E-state index contributed by atoms with van der Waals surface area (Å²) >= 11 is 0. The van der Waals surface area contributed by atoms with E-state index in [1.54, 1.807) is 17.0 Å². The Morgan fingerprint density at radius 3 is 2.41 bits per heavy atom. The summed E-state index contributed by atoms with van der Waals surface area (Å²) in [5, 5.41) is 0. The number of carbonyl (C=O) groups excluding carboxylic acids is 2. The Morgan fingerprint density at radius 1 is 1.18 bits per heavy atom. The molecule has 1 aromatic rings. The van der Waals surface area contributed by atoms with Gasteiger partial charge in [0.15, 0.2) is 6.61 Å². The largest absolute Gasteiger partial charge is 0.482 e. The minimum absolute atomic E-state index is 0.0779. The number of amides is 1. The van der Waals surface area contributed by atoms with Gasteiger partial charge in [-0.3, -0.25) is 4.79 Å². The predicted molar refractivity (Wildman–Crippen MR) is 84.9 cm³/mol. The first-order valence-corrected chi connectivity index (χ1v) is 7.50. The van der Waals surface area contributed by atoms with Gasteiger partial charge in [0.2, 0.25) is 0 Å². The minimum atomic E-state index is -0.417. The van der Waals surface area contributed by atoms with Crippen molar-refractivity contribution in [2.24, 2.45) is 0 Å². The molecule has 0 aliphatic heterocycles. The van der Waals surface area contributed by atoms with Crippen LogP contribution in [0, 0.1) is 0 Å². The van der Waals surface area contributed by atoms with Crippen LogP contribution in [-0.2, 0) is 9.53 Å². The summed E-state index contributed by atoms with van der Waals surface area (Å²) in [7, 11) is 0. The van der Waals surface area contributed by atoms with Crippen LogP contribution in [0.25, 0.3) is 0 Å². The molecule has 6 heteroatoms. The Hall–Kier alpha value is -2.24. The van der Waals surface area contributed by atoms with E-state index in [0.717, 1.165) is 6.42 Å². The zero-order chi connectivity index (χ0) is 16.5. The van der Waals surface area contributed by atoms with Gasteiger partial charge >= 0.3 is 5.97 Å². The van der Waals surface area contributed by atoms with E-state index in [1.807, 2.05) is 20.8 Å². The molecule has 22 heavy (non-hydrogen) atoms. The van der Waals surface area contributed by atoms with Gasteiger partial charge in [0.05, 0.1) is 17.9 Å². The number of ether oxygens (including phenoxy) is 2. The van der Waals surface area contributed by atoms with Crippen molar-refractivity contribution in [3.05, 3.63) is 23.8 Å². The summed E-state index contributed by atoms with van der Waals surface area (Å²) in [4.78, 5) is 25.3. The Bertz CT molecular complexity index is 513. The lowest BCUT2D eigenvalue weighted by molar-refractivity contribution is -0.132. The number of esters is 1. The van der Waals surface area contributed by atoms with Crippen molar-refractivity contribution in [1.82, 2.24) is 4.90 Å². The number of nitrogens with two attached hydrogens (primary N) is 1. The Balaban J connectivity index is 2.66. The molecule has 0 radical (unpaired) electrons. The molecule has 2 N–H and O–H groups in total. The molecule has 0 aliphatic carbocycles. The van der Waals surface area contributed by atoms with E-state index in [0.29, 0.717) is 36.7 Å². The number of benzene rings is 1. The van der Waals surface area contributed by atoms with Gasteiger partial charge in [-0.25, -0.2) is 4.79 Å². The van der Waals surface area contributed by atoms with Crippen molar-refractivity contribution >= 4 is 17.6 Å². The van der Waals surface area contributed by atoms with Crippen LogP contribution < -0.4 is 10.5 Å². The van der Waals surface area contributed by atoms with Crippen molar-refractivity contribution in [3.8, 4) is 5.75 Å². The average molecular weight is 308 g/mol.